The lowest BCUT2D eigenvalue weighted by Gasteiger charge is -2.32. The lowest BCUT2D eigenvalue weighted by atomic mass is 9.97. The smallest absolute Gasteiger partial charge is 0.326 e. The maximum Gasteiger partial charge on any atom is 0.326 e. The van der Waals surface area contributed by atoms with Gasteiger partial charge in [-0.15, -0.1) is 0 Å². The summed E-state index contributed by atoms with van der Waals surface area (Å²) in [5.41, 5.74) is 8.09. The van der Waals surface area contributed by atoms with Crippen LogP contribution in [0.5, 0.6) is 0 Å². The Morgan fingerprint density at radius 3 is 2.55 bits per heavy atom. The standard InChI is InChI=1S/C27H42N6O4S/c1-4-19(2)24(32-26(35)22(28)14-21-15-29-18-30-21)16-33(12-10-20-8-6-5-7-9-20)17-25(34)31-23(27(36)37)11-13-38-3/h5-9,15,18-19,22-24H,4,10-14,16-17,28H2,1-3H3,(H,29,30)(H,31,34)(H,32,35)(H,36,37)/t19?,22-,23?,24?/m0/s1. The van der Waals surface area contributed by atoms with Crippen LogP contribution < -0.4 is 16.4 Å². The van der Waals surface area contributed by atoms with Crippen molar-refractivity contribution in [1.82, 2.24) is 25.5 Å². The molecule has 2 aromatic rings. The summed E-state index contributed by atoms with van der Waals surface area (Å²) in [5, 5.41) is 15.3. The summed E-state index contributed by atoms with van der Waals surface area (Å²) in [4.78, 5) is 46.5. The molecule has 210 valence electrons. The highest BCUT2D eigenvalue weighted by molar-refractivity contribution is 7.98. The molecule has 0 radical (unpaired) electrons. The van der Waals surface area contributed by atoms with Crippen molar-refractivity contribution in [3.05, 3.63) is 54.1 Å². The highest BCUT2D eigenvalue weighted by Gasteiger charge is 2.26. The molecule has 2 rings (SSSR count). The summed E-state index contributed by atoms with van der Waals surface area (Å²) in [5.74, 6) is -0.888. The van der Waals surface area contributed by atoms with Crippen molar-refractivity contribution >= 4 is 29.5 Å². The number of benzene rings is 1. The minimum Gasteiger partial charge on any atom is -0.480 e. The number of aromatic amines is 1. The third-order valence-electron chi connectivity index (χ3n) is 6.62. The first-order chi connectivity index (χ1) is 18.2. The lowest BCUT2D eigenvalue weighted by molar-refractivity contribution is -0.142. The Labute approximate surface area is 229 Å². The Morgan fingerprint density at radius 2 is 1.95 bits per heavy atom. The Kier molecular flexibility index (Phi) is 13.9. The van der Waals surface area contributed by atoms with Gasteiger partial charge in [-0.1, -0.05) is 50.6 Å². The fourth-order valence-electron chi connectivity index (χ4n) is 4.05. The van der Waals surface area contributed by atoms with Gasteiger partial charge in [-0.3, -0.25) is 14.5 Å². The number of amides is 2. The number of imidazole rings is 1. The number of nitrogens with one attached hydrogen (secondary N) is 3. The monoisotopic (exact) mass is 546 g/mol. The van der Waals surface area contributed by atoms with E-state index in [1.807, 2.05) is 41.5 Å². The maximum atomic E-state index is 13.0. The topological polar surface area (TPSA) is 153 Å². The van der Waals surface area contributed by atoms with Crippen LogP contribution in [0.4, 0.5) is 0 Å². The molecule has 0 bridgehead atoms. The number of nitrogens with zero attached hydrogens (tertiary/aromatic N) is 2. The number of carbonyl (C=O) groups is 3. The van der Waals surface area contributed by atoms with E-state index >= 15 is 0 Å². The molecule has 0 aliphatic rings. The molecule has 1 aromatic carbocycles. The zero-order valence-electron chi connectivity index (χ0n) is 22.6. The van der Waals surface area contributed by atoms with Gasteiger partial charge in [0.05, 0.1) is 18.9 Å². The number of thioether (sulfide) groups is 1. The Morgan fingerprint density at radius 1 is 1.21 bits per heavy atom. The predicted octanol–water partition coefficient (Wildman–Crippen LogP) is 1.68. The number of rotatable bonds is 18. The molecule has 6 N–H and O–H groups in total. The number of carbonyl (C=O) groups excluding carboxylic acids is 2. The molecule has 0 aliphatic carbocycles. The fourth-order valence-corrected chi connectivity index (χ4v) is 4.52. The highest BCUT2D eigenvalue weighted by atomic mass is 32.2. The number of aliphatic carboxylic acids is 1. The minimum atomic E-state index is -1.04. The second-order valence-corrected chi connectivity index (χ2v) is 10.6. The van der Waals surface area contributed by atoms with Crippen LogP contribution in [0.2, 0.25) is 0 Å². The summed E-state index contributed by atoms with van der Waals surface area (Å²) in [6, 6.07) is 8.05. The van der Waals surface area contributed by atoms with E-state index in [0.717, 1.165) is 17.7 Å². The normalized spacial score (nSPS) is 14.4. The van der Waals surface area contributed by atoms with E-state index in [0.29, 0.717) is 38.1 Å². The van der Waals surface area contributed by atoms with Gasteiger partial charge in [0.15, 0.2) is 0 Å². The van der Waals surface area contributed by atoms with E-state index < -0.39 is 18.1 Å². The van der Waals surface area contributed by atoms with Gasteiger partial charge < -0.3 is 26.5 Å². The van der Waals surface area contributed by atoms with Gasteiger partial charge >= 0.3 is 5.97 Å². The van der Waals surface area contributed by atoms with Gasteiger partial charge in [0.25, 0.3) is 0 Å². The molecule has 38 heavy (non-hydrogen) atoms. The van der Waals surface area contributed by atoms with Crippen LogP contribution >= 0.6 is 11.8 Å². The van der Waals surface area contributed by atoms with Crippen LogP contribution in [-0.2, 0) is 27.2 Å². The van der Waals surface area contributed by atoms with Crippen LogP contribution in [0.15, 0.2) is 42.9 Å². The van der Waals surface area contributed by atoms with Gasteiger partial charge in [-0.25, -0.2) is 9.78 Å². The first-order valence-electron chi connectivity index (χ1n) is 13.0. The first kappa shape index (κ1) is 31.3. The van der Waals surface area contributed by atoms with Crippen LogP contribution in [0.3, 0.4) is 0 Å². The maximum absolute atomic E-state index is 13.0. The summed E-state index contributed by atoms with van der Waals surface area (Å²) in [7, 11) is 0. The van der Waals surface area contributed by atoms with Crippen LogP contribution in [0, 0.1) is 5.92 Å². The second kappa shape index (κ2) is 16.8. The number of hydrogen-bond donors (Lipinski definition) is 5. The fraction of sp³-hybridized carbons (Fsp3) is 0.556. The number of H-pyrrole nitrogens is 1. The largest absolute Gasteiger partial charge is 0.480 e. The van der Waals surface area contributed by atoms with Crippen molar-refractivity contribution in [1.29, 1.82) is 0 Å². The van der Waals surface area contributed by atoms with Crippen molar-refractivity contribution in [2.45, 2.75) is 57.7 Å². The molecule has 1 heterocycles. The van der Waals surface area contributed by atoms with Crippen molar-refractivity contribution < 1.29 is 19.5 Å². The Hall–Kier alpha value is -2.89. The minimum absolute atomic E-state index is 0.0267. The number of aromatic nitrogens is 2. The van der Waals surface area contributed by atoms with E-state index in [-0.39, 0.29) is 30.3 Å². The third-order valence-corrected chi connectivity index (χ3v) is 7.26. The predicted molar refractivity (Wildman–Crippen MR) is 151 cm³/mol. The summed E-state index contributed by atoms with van der Waals surface area (Å²) in [6.45, 7) is 5.14. The van der Waals surface area contributed by atoms with Crippen molar-refractivity contribution in [2.75, 3.05) is 31.6 Å². The van der Waals surface area contributed by atoms with Gasteiger partial charge in [0.1, 0.15) is 6.04 Å². The number of carboxylic acids is 1. The third kappa shape index (κ3) is 11.2. The van der Waals surface area contributed by atoms with Crippen molar-refractivity contribution in [3.63, 3.8) is 0 Å². The summed E-state index contributed by atoms with van der Waals surface area (Å²) < 4.78 is 0. The number of hydrogen-bond acceptors (Lipinski definition) is 7. The van der Waals surface area contributed by atoms with Gasteiger partial charge in [-0.05, 0) is 36.3 Å². The molecule has 3 unspecified atom stereocenters. The average Bonchev–Trinajstić information content (AvgIpc) is 3.42. The quantitative estimate of drug-likeness (QED) is 0.189. The molecular weight excluding hydrogens is 504 g/mol. The zero-order valence-corrected chi connectivity index (χ0v) is 23.4. The molecule has 0 saturated heterocycles. The summed E-state index contributed by atoms with van der Waals surface area (Å²) >= 11 is 1.54. The second-order valence-electron chi connectivity index (χ2n) is 9.60. The Balaban J connectivity index is 2.11. The molecular formula is C27H42N6O4S. The Bertz CT molecular complexity index is 975. The van der Waals surface area contributed by atoms with E-state index in [9.17, 15) is 19.5 Å². The molecule has 0 spiro atoms. The van der Waals surface area contributed by atoms with Crippen LogP contribution in [-0.4, -0.2) is 87.5 Å². The van der Waals surface area contributed by atoms with Crippen LogP contribution in [0.25, 0.3) is 0 Å². The molecule has 0 aliphatic heterocycles. The first-order valence-corrected chi connectivity index (χ1v) is 14.4. The van der Waals surface area contributed by atoms with E-state index in [1.54, 1.807) is 12.5 Å². The summed E-state index contributed by atoms with van der Waals surface area (Å²) in [6.07, 6.45) is 7.33. The molecule has 0 saturated carbocycles. The van der Waals surface area contributed by atoms with Crippen molar-refractivity contribution in [3.8, 4) is 0 Å². The van der Waals surface area contributed by atoms with E-state index in [1.165, 1.54) is 11.8 Å². The zero-order chi connectivity index (χ0) is 27.9. The van der Waals surface area contributed by atoms with Gasteiger partial charge in [0, 0.05) is 37.4 Å². The van der Waals surface area contributed by atoms with E-state index in [2.05, 4.69) is 34.4 Å². The lowest BCUT2D eigenvalue weighted by Crippen LogP contribution is -2.54. The molecule has 10 nitrogen and oxygen atoms in total. The molecule has 11 heteroatoms. The highest BCUT2D eigenvalue weighted by Crippen LogP contribution is 2.12. The molecule has 1 aromatic heterocycles. The molecule has 4 atom stereocenters. The van der Waals surface area contributed by atoms with Gasteiger partial charge in [0.2, 0.25) is 11.8 Å². The van der Waals surface area contributed by atoms with Gasteiger partial charge in [-0.2, -0.15) is 11.8 Å². The molecule has 2 amide bonds. The van der Waals surface area contributed by atoms with E-state index in [4.69, 9.17) is 5.73 Å². The average molecular weight is 547 g/mol. The number of carboxylic acid groups (broad SMARTS) is 1. The number of nitrogens with two attached hydrogens (primary N) is 1. The van der Waals surface area contributed by atoms with Crippen molar-refractivity contribution in [2.24, 2.45) is 11.7 Å². The molecule has 0 fully saturated rings. The SMILES string of the molecule is CCC(C)C(CN(CCc1ccccc1)CC(=O)NC(CCSC)C(=O)O)NC(=O)[C@@H](N)Cc1cnc[nH]1. The van der Waals surface area contributed by atoms with Crippen LogP contribution in [0.1, 0.15) is 37.9 Å².